The van der Waals surface area contributed by atoms with Crippen molar-refractivity contribution in [2.24, 2.45) is 0 Å². The lowest BCUT2D eigenvalue weighted by atomic mass is 10.2. The van der Waals surface area contributed by atoms with Crippen LogP contribution in [0.3, 0.4) is 0 Å². The van der Waals surface area contributed by atoms with Crippen LogP contribution in [0.15, 0.2) is 30.3 Å². The Hall–Kier alpha value is -2.03. The van der Waals surface area contributed by atoms with Gasteiger partial charge in [0, 0.05) is 12.3 Å². The van der Waals surface area contributed by atoms with Crippen molar-refractivity contribution in [3.63, 3.8) is 0 Å². The van der Waals surface area contributed by atoms with Crippen LogP contribution >= 0.6 is 12.2 Å². The zero-order chi connectivity index (χ0) is 19.0. The number of methoxy groups -OCH3 is 1. The highest BCUT2D eigenvalue weighted by molar-refractivity contribution is 7.71. The van der Waals surface area contributed by atoms with Crippen molar-refractivity contribution in [1.82, 2.24) is 14.3 Å². The molecule has 0 bridgehead atoms. The summed E-state index contributed by atoms with van der Waals surface area (Å²) in [6.07, 6.45) is 2.18. The first-order valence-electron chi connectivity index (χ1n) is 9.38. The van der Waals surface area contributed by atoms with Crippen molar-refractivity contribution in [2.75, 3.05) is 13.7 Å². The normalized spacial score (nSPS) is 24.9. The van der Waals surface area contributed by atoms with Gasteiger partial charge in [-0.2, -0.15) is 9.78 Å². The minimum atomic E-state index is -0.507. The number of esters is 1. The van der Waals surface area contributed by atoms with E-state index >= 15 is 0 Å². The molecule has 1 unspecified atom stereocenters. The maximum Gasteiger partial charge on any atom is 0.364 e. The Balaban J connectivity index is 1.61. The van der Waals surface area contributed by atoms with Gasteiger partial charge in [0.05, 0.1) is 13.7 Å². The number of nitrogens with zero attached hydrogens (tertiary/aromatic N) is 3. The maximum atomic E-state index is 12.1. The lowest BCUT2D eigenvalue weighted by molar-refractivity contribution is -0.928. The van der Waals surface area contributed by atoms with Gasteiger partial charge in [-0.05, 0) is 30.6 Å². The van der Waals surface area contributed by atoms with E-state index in [0.717, 1.165) is 23.6 Å². The number of rotatable bonds is 6. The Labute approximate surface area is 163 Å². The average molecular weight is 390 g/mol. The van der Waals surface area contributed by atoms with Crippen LogP contribution in [0, 0.1) is 4.77 Å². The van der Waals surface area contributed by atoms with Crippen molar-refractivity contribution in [2.45, 2.75) is 50.5 Å². The van der Waals surface area contributed by atoms with E-state index in [4.69, 9.17) is 22.1 Å². The molecule has 1 aliphatic carbocycles. The monoisotopic (exact) mass is 389 g/mol. The highest BCUT2D eigenvalue weighted by Gasteiger charge is 2.41. The number of quaternary nitrogens is 1. The smallest absolute Gasteiger partial charge is 0.364 e. The second-order valence-corrected chi connectivity index (χ2v) is 7.84. The van der Waals surface area contributed by atoms with E-state index in [9.17, 15) is 9.90 Å². The molecular formula is C19H25N4O3S+. The first kappa shape index (κ1) is 18.3. The highest BCUT2D eigenvalue weighted by atomic mass is 32.1. The molecule has 1 saturated heterocycles. The standard InChI is InChI=1S/C19H24N4O3S/c1-26-18(25)16-9-15(24)11-21(16)12-23-19(27)22(17(20-23)14-7-8-14)10-13-5-3-2-4-6-13/h2-6,14-16,24H,7-12H2,1H3/p+1/t15-,16+/m1/s1. The number of benzene rings is 1. The number of carbonyl (C=O) groups excluding carboxylic acids is 1. The lowest BCUT2D eigenvalue weighted by Gasteiger charge is -2.18. The summed E-state index contributed by atoms with van der Waals surface area (Å²) < 4.78 is 9.50. The van der Waals surface area contributed by atoms with Gasteiger partial charge in [-0.15, -0.1) is 0 Å². The van der Waals surface area contributed by atoms with Crippen LogP contribution in [0.2, 0.25) is 0 Å². The number of hydrogen-bond donors (Lipinski definition) is 2. The molecule has 0 amide bonds. The summed E-state index contributed by atoms with van der Waals surface area (Å²) in [5, 5.41) is 14.8. The van der Waals surface area contributed by atoms with Gasteiger partial charge in [-0.1, -0.05) is 30.3 Å². The van der Waals surface area contributed by atoms with Gasteiger partial charge < -0.3 is 14.7 Å². The molecule has 2 fully saturated rings. The summed E-state index contributed by atoms with van der Waals surface area (Å²) in [6, 6.07) is 9.85. The van der Waals surface area contributed by atoms with Crippen LogP contribution in [0.25, 0.3) is 0 Å². The van der Waals surface area contributed by atoms with E-state index in [0.29, 0.717) is 36.9 Å². The number of nitrogens with one attached hydrogen (secondary N) is 1. The van der Waals surface area contributed by atoms with Crippen LogP contribution < -0.4 is 4.90 Å². The predicted molar refractivity (Wildman–Crippen MR) is 101 cm³/mol. The third kappa shape index (κ3) is 3.83. The number of carbonyl (C=O) groups is 1. The molecule has 0 radical (unpaired) electrons. The fourth-order valence-electron chi connectivity index (χ4n) is 3.86. The Morgan fingerprint density at radius 1 is 1.37 bits per heavy atom. The van der Waals surface area contributed by atoms with Crippen molar-refractivity contribution >= 4 is 18.2 Å². The second kappa shape index (κ2) is 7.53. The molecule has 1 aromatic heterocycles. The third-order valence-electron chi connectivity index (χ3n) is 5.41. The van der Waals surface area contributed by atoms with Gasteiger partial charge in [0.1, 0.15) is 18.5 Å². The van der Waals surface area contributed by atoms with Gasteiger partial charge in [0.2, 0.25) is 4.77 Å². The molecule has 4 rings (SSSR count). The Kier molecular flexibility index (Phi) is 5.12. The Morgan fingerprint density at radius 3 is 2.78 bits per heavy atom. The molecule has 1 aromatic carbocycles. The minimum Gasteiger partial charge on any atom is -0.465 e. The molecule has 1 saturated carbocycles. The summed E-state index contributed by atoms with van der Waals surface area (Å²) >= 11 is 5.73. The van der Waals surface area contributed by atoms with Crippen LogP contribution in [0.5, 0.6) is 0 Å². The summed E-state index contributed by atoms with van der Waals surface area (Å²) in [7, 11) is 1.39. The molecule has 27 heavy (non-hydrogen) atoms. The largest absolute Gasteiger partial charge is 0.465 e. The van der Waals surface area contributed by atoms with Crippen molar-refractivity contribution < 1.29 is 19.5 Å². The molecule has 2 aliphatic rings. The number of aromatic nitrogens is 3. The Morgan fingerprint density at radius 2 is 2.11 bits per heavy atom. The quantitative estimate of drug-likeness (QED) is 0.556. The fraction of sp³-hybridized carbons (Fsp3) is 0.526. The molecule has 1 aliphatic heterocycles. The van der Waals surface area contributed by atoms with Crippen LogP contribution in [-0.2, 0) is 22.7 Å². The zero-order valence-electron chi connectivity index (χ0n) is 15.4. The van der Waals surface area contributed by atoms with Gasteiger partial charge in [0.25, 0.3) is 0 Å². The number of aliphatic hydroxyl groups is 1. The molecule has 3 atom stereocenters. The fourth-order valence-corrected chi connectivity index (χ4v) is 4.12. The number of hydrogen-bond acceptors (Lipinski definition) is 5. The highest BCUT2D eigenvalue weighted by Crippen LogP contribution is 2.39. The summed E-state index contributed by atoms with van der Waals surface area (Å²) in [4.78, 5) is 13.0. The molecule has 0 spiro atoms. The minimum absolute atomic E-state index is 0.292. The van der Waals surface area contributed by atoms with E-state index in [1.807, 2.05) is 22.9 Å². The molecule has 2 heterocycles. The molecule has 8 heteroatoms. The topological polar surface area (TPSA) is 73.7 Å². The lowest BCUT2D eigenvalue weighted by Crippen LogP contribution is -3.14. The van der Waals surface area contributed by atoms with Crippen LogP contribution in [0.1, 0.15) is 36.6 Å². The summed E-state index contributed by atoms with van der Waals surface area (Å²) in [5.74, 6) is 1.20. The van der Waals surface area contributed by atoms with Gasteiger partial charge in [0.15, 0.2) is 12.7 Å². The first-order chi connectivity index (χ1) is 13.1. The zero-order valence-corrected chi connectivity index (χ0v) is 16.2. The van der Waals surface area contributed by atoms with E-state index in [1.54, 1.807) is 0 Å². The van der Waals surface area contributed by atoms with Crippen molar-refractivity contribution in [3.8, 4) is 0 Å². The van der Waals surface area contributed by atoms with Crippen molar-refractivity contribution in [1.29, 1.82) is 0 Å². The Bertz CT molecular complexity index is 875. The average Bonchev–Trinajstić information content (AvgIpc) is 3.39. The van der Waals surface area contributed by atoms with Gasteiger partial charge >= 0.3 is 5.97 Å². The first-order valence-corrected chi connectivity index (χ1v) is 9.79. The number of aliphatic hydroxyl groups excluding tert-OH is 1. The van der Waals surface area contributed by atoms with E-state index in [1.165, 1.54) is 12.7 Å². The molecule has 7 nitrogen and oxygen atoms in total. The van der Waals surface area contributed by atoms with Gasteiger partial charge in [-0.25, -0.2) is 4.79 Å². The molecular weight excluding hydrogens is 364 g/mol. The molecule has 144 valence electrons. The summed E-state index contributed by atoms with van der Waals surface area (Å²) in [5.41, 5.74) is 1.19. The van der Waals surface area contributed by atoms with Crippen molar-refractivity contribution in [3.05, 3.63) is 46.5 Å². The predicted octanol–water partition coefficient (Wildman–Crippen LogP) is 0.488. The van der Waals surface area contributed by atoms with E-state index < -0.39 is 6.10 Å². The van der Waals surface area contributed by atoms with E-state index in [-0.39, 0.29) is 12.0 Å². The van der Waals surface area contributed by atoms with Crippen LogP contribution in [0.4, 0.5) is 0 Å². The molecule has 2 N–H and O–H groups in total. The van der Waals surface area contributed by atoms with Crippen LogP contribution in [-0.4, -0.2) is 51.2 Å². The number of likely N-dealkylation sites (tertiary alicyclic amines) is 1. The van der Waals surface area contributed by atoms with Gasteiger partial charge in [-0.3, -0.25) is 4.57 Å². The second-order valence-electron chi connectivity index (χ2n) is 7.47. The SMILES string of the molecule is COC(=O)[C@@H]1C[C@@H](O)C[NH+]1Cn1nc(C2CC2)n(Cc2ccccc2)c1=S. The third-order valence-corrected chi connectivity index (χ3v) is 5.85. The summed E-state index contributed by atoms with van der Waals surface area (Å²) in [6.45, 7) is 1.65. The molecule has 2 aromatic rings. The number of ether oxygens (including phenoxy) is 1. The maximum absolute atomic E-state index is 12.1. The van der Waals surface area contributed by atoms with E-state index in [2.05, 4.69) is 16.7 Å².